The summed E-state index contributed by atoms with van der Waals surface area (Å²) in [6.07, 6.45) is 0. The molecule has 1 atom stereocenters. The van der Waals surface area contributed by atoms with Gasteiger partial charge in [-0.2, -0.15) is 0 Å². The van der Waals surface area contributed by atoms with Crippen molar-refractivity contribution in [2.75, 3.05) is 14.2 Å². The molecule has 0 spiro atoms. The molecule has 1 aromatic heterocycles. The van der Waals surface area contributed by atoms with Crippen LogP contribution in [0.2, 0.25) is 0 Å². The molecule has 0 amide bonds. The summed E-state index contributed by atoms with van der Waals surface area (Å²) in [4.78, 5) is 1.18. The van der Waals surface area contributed by atoms with Crippen molar-refractivity contribution >= 4 is 27.3 Å². The van der Waals surface area contributed by atoms with Gasteiger partial charge in [0.05, 0.1) is 12.0 Å². The molecule has 0 saturated carbocycles. The number of methoxy groups -OCH3 is 1. The number of hydrogen-bond acceptors (Lipinski definition) is 4. The van der Waals surface area contributed by atoms with Crippen molar-refractivity contribution in [2.24, 2.45) is 0 Å². The molecule has 108 valence electrons. The molecule has 1 aromatic carbocycles. The number of halogens is 1. The molecule has 0 radical (unpaired) electrons. The van der Waals surface area contributed by atoms with E-state index in [1.807, 2.05) is 36.7 Å². The van der Waals surface area contributed by atoms with E-state index in [4.69, 9.17) is 9.47 Å². The summed E-state index contributed by atoms with van der Waals surface area (Å²) in [6.45, 7) is 2.66. The minimum Gasteiger partial charge on any atom is -0.497 e. The summed E-state index contributed by atoms with van der Waals surface area (Å²) in [5.41, 5.74) is 1.13. The molecule has 2 rings (SSSR count). The van der Waals surface area contributed by atoms with E-state index in [-0.39, 0.29) is 6.04 Å². The van der Waals surface area contributed by atoms with Gasteiger partial charge in [0.15, 0.2) is 0 Å². The summed E-state index contributed by atoms with van der Waals surface area (Å²) < 4.78 is 12.4. The molecule has 1 heterocycles. The molecule has 2 aromatic rings. The smallest absolute Gasteiger partial charge is 0.128 e. The van der Waals surface area contributed by atoms with Crippen molar-refractivity contribution in [1.29, 1.82) is 0 Å². The molecule has 0 aliphatic carbocycles. The van der Waals surface area contributed by atoms with E-state index in [0.29, 0.717) is 6.61 Å². The van der Waals surface area contributed by atoms with Crippen LogP contribution in [0.4, 0.5) is 0 Å². The van der Waals surface area contributed by atoms with Gasteiger partial charge in [-0.05, 0) is 47.4 Å². The normalized spacial score (nSPS) is 12.2. The van der Waals surface area contributed by atoms with Crippen LogP contribution in [0, 0.1) is 0 Å². The average Bonchev–Trinajstić information content (AvgIpc) is 2.89. The molecule has 3 nitrogen and oxygen atoms in total. The van der Waals surface area contributed by atoms with Gasteiger partial charge in [-0.3, -0.25) is 0 Å². The van der Waals surface area contributed by atoms with Gasteiger partial charge in [0.25, 0.3) is 0 Å². The van der Waals surface area contributed by atoms with E-state index in [2.05, 4.69) is 28.2 Å². The van der Waals surface area contributed by atoms with Gasteiger partial charge in [0.2, 0.25) is 0 Å². The van der Waals surface area contributed by atoms with E-state index >= 15 is 0 Å². The lowest BCUT2D eigenvalue weighted by molar-refractivity contribution is 0.300. The topological polar surface area (TPSA) is 30.5 Å². The third-order valence-electron chi connectivity index (χ3n) is 3.17. The Morgan fingerprint density at radius 3 is 2.75 bits per heavy atom. The van der Waals surface area contributed by atoms with Gasteiger partial charge in [-0.15, -0.1) is 11.3 Å². The van der Waals surface area contributed by atoms with Crippen LogP contribution in [0.15, 0.2) is 34.1 Å². The fourth-order valence-electron chi connectivity index (χ4n) is 1.85. The minimum absolute atomic E-state index is 0.225. The lowest BCUT2D eigenvalue weighted by atomic mass is 10.1. The second kappa shape index (κ2) is 7.11. The zero-order valence-corrected chi connectivity index (χ0v) is 14.2. The highest BCUT2D eigenvalue weighted by atomic mass is 79.9. The Hall–Kier alpha value is -1.04. The van der Waals surface area contributed by atoms with Crippen LogP contribution < -0.4 is 14.8 Å². The summed E-state index contributed by atoms with van der Waals surface area (Å²) in [5, 5.41) is 5.28. The zero-order valence-electron chi connectivity index (χ0n) is 11.8. The first-order valence-corrected chi connectivity index (χ1v) is 8.02. The van der Waals surface area contributed by atoms with Crippen molar-refractivity contribution in [3.63, 3.8) is 0 Å². The first kappa shape index (κ1) is 15.4. The SMILES string of the molecule is CNC(C)c1ccc(OC)cc1OCc1sccc1Br. The van der Waals surface area contributed by atoms with Crippen LogP contribution >= 0.6 is 27.3 Å². The summed E-state index contributed by atoms with van der Waals surface area (Å²) in [7, 11) is 3.60. The second-order valence-corrected chi connectivity index (χ2v) is 6.25. The number of ether oxygens (including phenoxy) is 2. The van der Waals surface area contributed by atoms with Crippen LogP contribution in [-0.4, -0.2) is 14.2 Å². The van der Waals surface area contributed by atoms with Crippen LogP contribution in [-0.2, 0) is 6.61 Å². The molecular formula is C15H18BrNO2S. The number of hydrogen-bond donors (Lipinski definition) is 1. The molecule has 0 aliphatic rings. The van der Waals surface area contributed by atoms with Gasteiger partial charge in [-0.25, -0.2) is 0 Å². The molecule has 0 fully saturated rings. The van der Waals surface area contributed by atoms with Crippen molar-refractivity contribution in [2.45, 2.75) is 19.6 Å². The Balaban J connectivity index is 2.21. The lowest BCUT2D eigenvalue weighted by Gasteiger charge is -2.17. The van der Waals surface area contributed by atoms with Gasteiger partial charge >= 0.3 is 0 Å². The molecular weight excluding hydrogens is 338 g/mol. The van der Waals surface area contributed by atoms with Gasteiger partial charge in [-0.1, -0.05) is 6.07 Å². The van der Waals surface area contributed by atoms with Crippen molar-refractivity contribution in [1.82, 2.24) is 5.32 Å². The number of thiophene rings is 1. The van der Waals surface area contributed by atoms with Crippen molar-refractivity contribution in [3.05, 3.63) is 44.6 Å². The van der Waals surface area contributed by atoms with Crippen LogP contribution in [0.25, 0.3) is 0 Å². The van der Waals surface area contributed by atoms with Crippen molar-refractivity contribution in [3.8, 4) is 11.5 Å². The molecule has 0 aliphatic heterocycles. The predicted molar refractivity (Wildman–Crippen MR) is 86.8 cm³/mol. The van der Waals surface area contributed by atoms with Crippen LogP contribution in [0.5, 0.6) is 11.5 Å². The molecule has 0 bridgehead atoms. The second-order valence-electron chi connectivity index (χ2n) is 4.39. The fourth-order valence-corrected chi connectivity index (χ4v) is 3.23. The van der Waals surface area contributed by atoms with E-state index in [9.17, 15) is 0 Å². The Morgan fingerprint density at radius 2 is 2.15 bits per heavy atom. The third-order valence-corrected chi connectivity index (χ3v) is 5.07. The Kier molecular flexibility index (Phi) is 5.46. The van der Waals surface area contributed by atoms with E-state index in [1.54, 1.807) is 18.4 Å². The molecule has 20 heavy (non-hydrogen) atoms. The van der Waals surface area contributed by atoms with E-state index in [0.717, 1.165) is 21.5 Å². The highest BCUT2D eigenvalue weighted by Gasteiger charge is 2.12. The van der Waals surface area contributed by atoms with Crippen molar-refractivity contribution < 1.29 is 9.47 Å². The number of nitrogens with one attached hydrogen (secondary N) is 1. The lowest BCUT2D eigenvalue weighted by Crippen LogP contribution is -2.13. The molecule has 5 heteroatoms. The predicted octanol–water partition coefficient (Wildman–Crippen LogP) is 4.38. The monoisotopic (exact) mass is 355 g/mol. The number of benzene rings is 1. The van der Waals surface area contributed by atoms with E-state index < -0.39 is 0 Å². The first-order valence-electron chi connectivity index (χ1n) is 6.35. The quantitative estimate of drug-likeness (QED) is 0.833. The molecule has 1 unspecified atom stereocenters. The zero-order chi connectivity index (χ0) is 14.5. The number of rotatable bonds is 6. The summed E-state index contributed by atoms with van der Waals surface area (Å²) in [5.74, 6) is 1.66. The van der Waals surface area contributed by atoms with Gasteiger partial charge in [0.1, 0.15) is 18.1 Å². The Labute approximate surface area is 132 Å². The maximum atomic E-state index is 5.99. The third kappa shape index (κ3) is 3.53. The molecule has 0 saturated heterocycles. The standard InChI is InChI=1S/C15H18BrNO2S/c1-10(17-2)12-5-4-11(18-3)8-14(12)19-9-15-13(16)6-7-20-15/h4-8,10,17H,9H2,1-3H3. The highest BCUT2D eigenvalue weighted by molar-refractivity contribution is 9.10. The van der Waals surface area contributed by atoms with Gasteiger partial charge in [0, 0.05) is 22.1 Å². The van der Waals surface area contributed by atoms with Crippen LogP contribution in [0.3, 0.4) is 0 Å². The minimum atomic E-state index is 0.225. The molecule has 1 N–H and O–H groups in total. The Bertz CT molecular complexity index is 571. The van der Waals surface area contributed by atoms with Gasteiger partial charge < -0.3 is 14.8 Å². The first-order chi connectivity index (χ1) is 9.65. The fraction of sp³-hybridized carbons (Fsp3) is 0.333. The largest absolute Gasteiger partial charge is 0.497 e. The Morgan fingerprint density at radius 1 is 1.35 bits per heavy atom. The summed E-state index contributed by atoms with van der Waals surface area (Å²) >= 11 is 5.20. The maximum absolute atomic E-state index is 5.99. The highest BCUT2D eigenvalue weighted by Crippen LogP contribution is 2.31. The maximum Gasteiger partial charge on any atom is 0.128 e. The van der Waals surface area contributed by atoms with E-state index in [1.165, 1.54) is 4.88 Å². The average molecular weight is 356 g/mol. The summed E-state index contributed by atoms with van der Waals surface area (Å²) in [6, 6.07) is 8.19. The van der Waals surface area contributed by atoms with Crippen LogP contribution in [0.1, 0.15) is 23.4 Å².